The van der Waals surface area contributed by atoms with Crippen molar-refractivity contribution in [3.63, 3.8) is 0 Å². The third-order valence-electron chi connectivity index (χ3n) is 4.79. The molecule has 1 fully saturated rings. The number of anilines is 1. The van der Waals surface area contributed by atoms with Crippen molar-refractivity contribution in [3.8, 4) is 5.75 Å². The molecule has 3 rings (SSSR count). The minimum atomic E-state index is -0.549. The van der Waals surface area contributed by atoms with Crippen LogP contribution < -0.4 is 15.4 Å². The topological polar surface area (TPSA) is 119 Å². The minimum Gasteiger partial charge on any atom is -0.482 e. The van der Waals surface area contributed by atoms with Gasteiger partial charge in [-0.3, -0.25) is 24.6 Å². The highest BCUT2D eigenvalue weighted by molar-refractivity contribution is 6.02. The van der Waals surface area contributed by atoms with Crippen molar-refractivity contribution < 1.29 is 19.2 Å². The molecule has 0 spiro atoms. The zero-order valence-electron chi connectivity index (χ0n) is 14.3. The number of halogens is 1. The molecular formula is C16H21ClN4O5. The maximum absolute atomic E-state index is 12.6. The molecule has 2 aliphatic heterocycles. The van der Waals surface area contributed by atoms with Gasteiger partial charge in [-0.05, 0) is 24.4 Å². The van der Waals surface area contributed by atoms with E-state index in [9.17, 15) is 19.7 Å². The molecule has 1 atom stereocenters. The summed E-state index contributed by atoms with van der Waals surface area (Å²) in [7, 11) is 0. The lowest BCUT2D eigenvalue weighted by Crippen LogP contribution is -2.46. The predicted molar refractivity (Wildman–Crippen MR) is 96.6 cm³/mol. The van der Waals surface area contributed by atoms with Gasteiger partial charge in [0.15, 0.2) is 6.61 Å². The summed E-state index contributed by atoms with van der Waals surface area (Å²) in [5.74, 6) is -0.252. The Labute approximate surface area is 156 Å². The Hall–Kier alpha value is -2.39. The van der Waals surface area contributed by atoms with Crippen LogP contribution in [0.25, 0.3) is 0 Å². The fourth-order valence-electron chi connectivity index (χ4n) is 3.12. The number of benzene rings is 1. The van der Waals surface area contributed by atoms with Crippen LogP contribution in [-0.4, -0.2) is 54.4 Å². The minimum absolute atomic E-state index is 0. The van der Waals surface area contributed by atoms with Crippen molar-refractivity contribution in [2.45, 2.75) is 13.3 Å². The van der Waals surface area contributed by atoms with E-state index in [0.717, 1.165) is 6.42 Å². The van der Waals surface area contributed by atoms with Gasteiger partial charge >= 0.3 is 0 Å². The van der Waals surface area contributed by atoms with E-state index in [1.807, 2.05) is 6.92 Å². The SMILES string of the molecule is CC1(CN)CCN(C(=O)CN2C(=O)COc3ccc([N+](=O)[O-])cc32)C1.Cl. The molecule has 2 amide bonds. The number of carbonyl (C=O) groups excluding carboxylic acids is 2. The number of ether oxygens (including phenoxy) is 1. The number of nitro groups is 1. The lowest BCUT2D eigenvalue weighted by atomic mass is 9.90. The Morgan fingerprint density at radius 1 is 1.46 bits per heavy atom. The largest absolute Gasteiger partial charge is 0.482 e. The van der Waals surface area contributed by atoms with Gasteiger partial charge in [-0.1, -0.05) is 6.92 Å². The highest BCUT2D eigenvalue weighted by Gasteiger charge is 2.37. The molecule has 2 heterocycles. The normalized spacial score (nSPS) is 21.7. The molecule has 0 radical (unpaired) electrons. The van der Waals surface area contributed by atoms with Crippen LogP contribution in [0, 0.1) is 15.5 Å². The van der Waals surface area contributed by atoms with Gasteiger partial charge in [0.25, 0.3) is 11.6 Å². The number of non-ortho nitro benzene ring substituents is 1. The maximum Gasteiger partial charge on any atom is 0.271 e. The van der Waals surface area contributed by atoms with Crippen molar-refractivity contribution in [2.75, 3.05) is 37.7 Å². The van der Waals surface area contributed by atoms with Crippen LogP contribution in [0.5, 0.6) is 5.75 Å². The van der Waals surface area contributed by atoms with Crippen molar-refractivity contribution in [3.05, 3.63) is 28.3 Å². The number of carbonyl (C=O) groups is 2. The molecule has 0 bridgehead atoms. The van der Waals surface area contributed by atoms with Crippen LogP contribution in [0.1, 0.15) is 13.3 Å². The van der Waals surface area contributed by atoms with E-state index in [0.29, 0.717) is 25.4 Å². The van der Waals surface area contributed by atoms with Gasteiger partial charge in [-0.25, -0.2) is 0 Å². The van der Waals surface area contributed by atoms with E-state index < -0.39 is 10.8 Å². The second kappa shape index (κ2) is 7.46. The summed E-state index contributed by atoms with van der Waals surface area (Å²) in [6.45, 7) is 3.28. The number of rotatable bonds is 4. The fourth-order valence-corrected chi connectivity index (χ4v) is 3.12. The second-order valence-corrected chi connectivity index (χ2v) is 6.76. The van der Waals surface area contributed by atoms with Crippen molar-refractivity contribution in [1.29, 1.82) is 0 Å². The average molecular weight is 385 g/mol. The first-order chi connectivity index (χ1) is 11.8. The number of hydrogen-bond acceptors (Lipinski definition) is 6. The third kappa shape index (κ3) is 3.73. The van der Waals surface area contributed by atoms with Gasteiger partial charge in [0.1, 0.15) is 12.3 Å². The van der Waals surface area contributed by atoms with Gasteiger partial charge in [-0.2, -0.15) is 0 Å². The molecule has 2 N–H and O–H groups in total. The van der Waals surface area contributed by atoms with E-state index >= 15 is 0 Å². The third-order valence-corrected chi connectivity index (χ3v) is 4.79. The lowest BCUT2D eigenvalue weighted by molar-refractivity contribution is -0.384. The molecule has 0 aromatic heterocycles. The van der Waals surface area contributed by atoms with Crippen LogP contribution in [0.15, 0.2) is 18.2 Å². The Morgan fingerprint density at radius 2 is 2.19 bits per heavy atom. The number of nitrogens with zero attached hydrogens (tertiary/aromatic N) is 3. The van der Waals surface area contributed by atoms with Crippen LogP contribution in [0.3, 0.4) is 0 Å². The molecule has 1 aromatic carbocycles. The Kier molecular flexibility index (Phi) is 5.72. The van der Waals surface area contributed by atoms with Gasteiger partial charge in [-0.15, -0.1) is 12.4 Å². The predicted octanol–water partition coefficient (Wildman–Crippen LogP) is 0.939. The number of fused-ring (bicyclic) bond motifs is 1. The molecular weight excluding hydrogens is 364 g/mol. The highest BCUT2D eigenvalue weighted by atomic mass is 35.5. The molecule has 142 valence electrons. The van der Waals surface area contributed by atoms with Gasteiger partial charge in [0.05, 0.1) is 10.6 Å². The van der Waals surface area contributed by atoms with E-state index in [1.165, 1.54) is 23.1 Å². The summed E-state index contributed by atoms with van der Waals surface area (Å²) >= 11 is 0. The van der Waals surface area contributed by atoms with Crippen LogP contribution in [0.2, 0.25) is 0 Å². The van der Waals surface area contributed by atoms with Crippen LogP contribution in [0.4, 0.5) is 11.4 Å². The quantitative estimate of drug-likeness (QED) is 0.609. The van der Waals surface area contributed by atoms with Crippen LogP contribution >= 0.6 is 12.4 Å². The second-order valence-electron chi connectivity index (χ2n) is 6.76. The standard InChI is InChI=1S/C16H20N4O5.ClH/c1-16(9-17)4-5-18(10-16)14(21)7-19-12-6-11(20(23)24)2-3-13(12)25-8-15(19)22;/h2-3,6H,4-5,7-10,17H2,1H3;1H. The molecule has 10 heteroatoms. The molecule has 1 unspecified atom stereocenters. The molecule has 26 heavy (non-hydrogen) atoms. The van der Waals surface area contributed by atoms with E-state index in [4.69, 9.17) is 10.5 Å². The van der Waals surface area contributed by atoms with Gasteiger partial charge < -0.3 is 15.4 Å². The van der Waals surface area contributed by atoms with Gasteiger partial charge in [0, 0.05) is 25.2 Å². The Balaban J connectivity index is 0.00000243. The van der Waals surface area contributed by atoms with Crippen molar-refractivity contribution >= 4 is 35.6 Å². The summed E-state index contributed by atoms with van der Waals surface area (Å²) in [4.78, 5) is 38.2. The van der Waals surface area contributed by atoms with E-state index in [-0.39, 0.29) is 48.3 Å². The first kappa shape index (κ1) is 19.9. The molecule has 0 aliphatic carbocycles. The fraction of sp³-hybridized carbons (Fsp3) is 0.500. The summed E-state index contributed by atoms with van der Waals surface area (Å²) < 4.78 is 5.30. The Bertz CT molecular complexity index is 743. The first-order valence-electron chi connectivity index (χ1n) is 8.02. The molecule has 0 saturated carbocycles. The van der Waals surface area contributed by atoms with Crippen molar-refractivity contribution in [1.82, 2.24) is 4.90 Å². The summed E-state index contributed by atoms with van der Waals surface area (Å²) in [6.07, 6.45) is 0.814. The number of hydrogen-bond donors (Lipinski definition) is 1. The smallest absolute Gasteiger partial charge is 0.271 e. The molecule has 1 aromatic rings. The van der Waals surface area contributed by atoms with E-state index in [2.05, 4.69) is 0 Å². The Morgan fingerprint density at radius 3 is 2.81 bits per heavy atom. The zero-order valence-corrected chi connectivity index (χ0v) is 15.2. The number of nitro benzene ring substituents is 1. The van der Waals surface area contributed by atoms with Crippen molar-refractivity contribution in [2.24, 2.45) is 11.1 Å². The summed E-state index contributed by atoms with van der Waals surface area (Å²) in [5, 5.41) is 11.0. The zero-order chi connectivity index (χ0) is 18.2. The maximum atomic E-state index is 12.6. The average Bonchev–Trinajstić information content (AvgIpc) is 3.00. The molecule has 9 nitrogen and oxygen atoms in total. The number of nitrogens with two attached hydrogens (primary N) is 1. The summed E-state index contributed by atoms with van der Waals surface area (Å²) in [6, 6.07) is 4.01. The lowest BCUT2D eigenvalue weighted by Gasteiger charge is -2.30. The first-order valence-corrected chi connectivity index (χ1v) is 8.02. The van der Waals surface area contributed by atoms with Crippen LogP contribution in [-0.2, 0) is 9.59 Å². The number of likely N-dealkylation sites (tertiary alicyclic amines) is 1. The van der Waals surface area contributed by atoms with E-state index in [1.54, 1.807) is 4.90 Å². The van der Waals surface area contributed by atoms with Gasteiger partial charge in [0.2, 0.25) is 5.91 Å². The monoisotopic (exact) mass is 384 g/mol. The highest BCUT2D eigenvalue weighted by Crippen LogP contribution is 2.35. The summed E-state index contributed by atoms with van der Waals surface area (Å²) in [5.41, 5.74) is 5.74. The number of amides is 2. The molecule has 1 saturated heterocycles. The molecule has 2 aliphatic rings.